The molecule has 3 rings (SSSR count). The highest BCUT2D eigenvalue weighted by Gasteiger charge is 2.22. The highest BCUT2D eigenvalue weighted by molar-refractivity contribution is 7.99. The van der Waals surface area contributed by atoms with E-state index < -0.39 is 11.9 Å². The van der Waals surface area contributed by atoms with Crippen LogP contribution in [0.3, 0.4) is 0 Å². The van der Waals surface area contributed by atoms with Crippen molar-refractivity contribution in [3.8, 4) is 10.7 Å². The minimum Gasteiger partial charge on any atom is -0.473 e. The predicted octanol–water partition coefficient (Wildman–Crippen LogP) is 1.02. The molecule has 4 N–H and O–H groups in total. The van der Waals surface area contributed by atoms with Crippen molar-refractivity contribution in [2.45, 2.75) is 30.6 Å². The maximum absolute atomic E-state index is 9.10. The zero-order valence-corrected chi connectivity index (χ0v) is 17.3. The third-order valence-electron chi connectivity index (χ3n) is 3.85. The van der Waals surface area contributed by atoms with E-state index in [1.54, 1.807) is 23.1 Å². The first kappa shape index (κ1) is 23.3. The standard InChI is InChI=1S/C15H22N4O2S2.C2H2O4/c20-7-5-16-6-10-23-15-18-17-14(13-4-2-9-22-13)19(15)11-12-3-1-8-21-12;3-1(4)2(5)6/h2,4,9,12,16,20H,1,3,5-8,10-11H2;(H,3,4)(H,5,6). The van der Waals surface area contributed by atoms with E-state index >= 15 is 0 Å². The van der Waals surface area contributed by atoms with E-state index in [1.807, 2.05) is 6.07 Å². The lowest BCUT2D eigenvalue weighted by Gasteiger charge is -2.14. The fourth-order valence-electron chi connectivity index (χ4n) is 2.56. The van der Waals surface area contributed by atoms with Gasteiger partial charge in [0.15, 0.2) is 11.0 Å². The van der Waals surface area contributed by atoms with Crippen LogP contribution in [0.15, 0.2) is 22.7 Å². The summed E-state index contributed by atoms with van der Waals surface area (Å²) < 4.78 is 7.98. The number of nitrogens with zero attached hydrogens (tertiary/aromatic N) is 3. The van der Waals surface area contributed by atoms with Gasteiger partial charge in [0.05, 0.1) is 24.1 Å². The molecule has 1 fully saturated rings. The summed E-state index contributed by atoms with van der Waals surface area (Å²) in [7, 11) is 0. The van der Waals surface area contributed by atoms with Crippen molar-refractivity contribution < 1.29 is 29.6 Å². The number of carboxylic acid groups (broad SMARTS) is 2. The quantitative estimate of drug-likeness (QED) is 0.251. The van der Waals surface area contributed by atoms with Gasteiger partial charge in [0, 0.05) is 25.4 Å². The molecule has 10 nitrogen and oxygen atoms in total. The largest absolute Gasteiger partial charge is 0.473 e. The van der Waals surface area contributed by atoms with Gasteiger partial charge in [0.25, 0.3) is 0 Å². The van der Waals surface area contributed by atoms with Crippen molar-refractivity contribution in [2.24, 2.45) is 0 Å². The number of thiophene rings is 1. The van der Waals surface area contributed by atoms with Crippen LogP contribution in [0.1, 0.15) is 12.8 Å². The molecule has 0 aliphatic carbocycles. The Morgan fingerprint density at radius 3 is 2.69 bits per heavy atom. The van der Waals surface area contributed by atoms with Crippen LogP contribution in [0.2, 0.25) is 0 Å². The van der Waals surface area contributed by atoms with Crippen LogP contribution in [-0.2, 0) is 20.9 Å². The van der Waals surface area contributed by atoms with Crippen molar-refractivity contribution in [1.82, 2.24) is 20.1 Å². The topological polar surface area (TPSA) is 147 Å². The third-order valence-corrected chi connectivity index (χ3v) is 5.68. The molecule has 1 aliphatic rings. The summed E-state index contributed by atoms with van der Waals surface area (Å²) in [4.78, 5) is 19.3. The Morgan fingerprint density at radius 1 is 1.31 bits per heavy atom. The number of aliphatic hydroxyl groups is 1. The lowest BCUT2D eigenvalue weighted by atomic mass is 10.2. The van der Waals surface area contributed by atoms with Crippen LogP contribution in [0.25, 0.3) is 10.7 Å². The smallest absolute Gasteiger partial charge is 0.414 e. The molecule has 29 heavy (non-hydrogen) atoms. The fraction of sp³-hybridized carbons (Fsp3) is 0.529. The van der Waals surface area contributed by atoms with Crippen molar-refractivity contribution in [3.05, 3.63) is 17.5 Å². The van der Waals surface area contributed by atoms with Crippen LogP contribution in [0.5, 0.6) is 0 Å². The van der Waals surface area contributed by atoms with E-state index in [1.165, 1.54) is 0 Å². The number of aliphatic hydroxyl groups excluding tert-OH is 1. The van der Waals surface area contributed by atoms with Crippen LogP contribution in [0.4, 0.5) is 0 Å². The van der Waals surface area contributed by atoms with E-state index in [0.29, 0.717) is 6.54 Å². The lowest BCUT2D eigenvalue weighted by molar-refractivity contribution is -0.159. The van der Waals surface area contributed by atoms with Crippen molar-refractivity contribution >= 4 is 35.0 Å². The van der Waals surface area contributed by atoms with Gasteiger partial charge in [-0.05, 0) is 24.3 Å². The Balaban J connectivity index is 0.000000438. The second kappa shape index (κ2) is 12.5. The van der Waals surface area contributed by atoms with E-state index in [9.17, 15) is 0 Å². The number of nitrogens with one attached hydrogen (secondary N) is 1. The third kappa shape index (κ3) is 7.74. The van der Waals surface area contributed by atoms with Crippen LogP contribution in [-0.4, -0.2) is 80.2 Å². The molecule has 0 bridgehead atoms. The number of hydrogen-bond acceptors (Lipinski definition) is 9. The van der Waals surface area contributed by atoms with Gasteiger partial charge in [-0.2, -0.15) is 0 Å². The molecule has 2 aromatic heterocycles. The zero-order valence-electron chi connectivity index (χ0n) is 15.7. The van der Waals surface area contributed by atoms with E-state index in [2.05, 4.69) is 31.5 Å². The van der Waals surface area contributed by atoms with Gasteiger partial charge < -0.3 is 25.4 Å². The highest BCUT2D eigenvalue weighted by Crippen LogP contribution is 2.28. The molecule has 0 radical (unpaired) electrons. The number of carbonyl (C=O) groups is 2. The Kier molecular flexibility index (Phi) is 10.1. The second-order valence-electron chi connectivity index (χ2n) is 5.96. The van der Waals surface area contributed by atoms with E-state index in [-0.39, 0.29) is 12.7 Å². The summed E-state index contributed by atoms with van der Waals surface area (Å²) in [6.07, 6.45) is 2.50. The molecule has 160 valence electrons. The second-order valence-corrected chi connectivity index (χ2v) is 7.97. The number of ether oxygens (including phenoxy) is 1. The van der Waals surface area contributed by atoms with Crippen LogP contribution in [0, 0.1) is 0 Å². The van der Waals surface area contributed by atoms with Gasteiger partial charge in [-0.1, -0.05) is 17.8 Å². The average molecular weight is 445 g/mol. The molecular weight excluding hydrogens is 420 g/mol. The van der Waals surface area contributed by atoms with E-state index in [4.69, 9.17) is 29.6 Å². The first-order chi connectivity index (χ1) is 14.0. The molecule has 0 aromatic carbocycles. The summed E-state index contributed by atoms with van der Waals surface area (Å²) in [5, 5.41) is 38.5. The molecule has 0 saturated carbocycles. The SMILES string of the molecule is O=C(O)C(=O)O.OCCNCCSc1nnc(-c2cccs2)n1CC1CCCO1. The molecule has 1 saturated heterocycles. The first-order valence-corrected chi connectivity index (χ1v) is 10.9. The molecule has 0 spiro atoms. The molecule has 1 aliphatic heterocycles. The Morgan fingerprint density at radius 2 is 2.10 bits per heavy atom. The van der Waals surface area contributed by atoms with Crippen LogP contribution < -0.4 is 5.32 Å². The summed E-state index contributed by atoms with van der Waals surface area (Å²) >= 11 is 3.38. The fourth-order valence-corrected chi connectivity index (χ4v) is 4.12. The number of carboxylic acids is 2. The van der Waals surface area contributed by atoms with Crippen LogP contribution >= 0.6 is 23.1 Å². The minimum atomic E-state index is -1.82. The summed E-state index contributed by atoms with van der Waals surface area (Å²) in [6, 6.07) is 4.12. The Bertz CT molecular complexity index is 750. The van der Waals surface area contributed by atoms with Gasteiger partial charge in [0.1, 0.15) is 0 Å². The van der Waals surface area contributed by atoms with Gasteiger partial charge in [-0.25, -0.2) is 9.59 Å². The molecule has 2 aromatic rings. The summed E-state index contributed by atoms with van der Waals surface area (Å²) in [6.45, 7) is 3.31. The molecule has 0 amide bonds. The molecule has 3 heterocycles. The number of hydrogen-bond donors (Lipinski definition) is 4. The van der Waals surface area contributed by atoms with E-state index in [0.717, 1.165) is 54.1 Å². The monoisotopic (exact) mass is 444 g/mol. The number of thioether (sulfide) groups is 1. The number of aliphatic carboxylic acids is 2. The molecule has 1 atom stereocenters. The summed E-state index contributed by atoms with van der Waals surface area (Å²) in [5.41, 5.74) is 0. The van der Waals surface area contributed by atoms with Crippen molar-refractivity contribution in [2.75, 3.05) is 32.1 Å². The molecule has 12 heteroatoms. The van der Waals surface area contributed by atoms with Gasteiger partial charge in [-0.3, -0.25) is 4.57 Å². The summed E-state index contributed by atoms with van der Waals surface area (Å²) in [5.74, 6) is -1.82. The normalized spacial score (nSPS) is 15.7. The minimum absolute atomic E-state index is 0.169. The predicted molar refractivity (Wildman–Crippen MR) is 108 cm³/mol. The maximum atomic E-state index is 9.10. The van der Waals surface area contributed by atoms with Crippen molar-refractivity contribution in [3.63, 3.8) is 0 Å². The lowest BCUT2D eigenvalue weighted by Crippen LogP contribution is -2.21. The Hall–Kier alpha value is -1.99. The van der Waals surface area contributed by atoms with Gasteiger partial charge >= 0.3 is 11.9 Å². The zero-order chi connectivity index (χ0) is 21.1. The number of rotatable bonds is 9. The number of aromatic nitrogens is 3. The van der Waals surface area contributed by atoms with Gasteiger partial charge in [-0.15, -0.1) is 21.5 Å². The van der Waals surface area contributed by atoms with Crippen molar-refractivity contribution in [1.29, 1.82) is 0 Å². The first-order valence-electron chi connectivity index (χ1n) is 9.02. The molecule has 1 unspecified atom stereocenters. The Labute approximate surface area is 175 Å². The molecular formula is C17H24N4O6S2. The average Bonchev–Trinajstić information content (AvgIpc) is 3.45. The van der Waals surface area contributed by atoms with Gasteiger partial charge in [0.2, 0.25) is 0 Å². The maximum Gasteiger partial charge on any atom is 0.414 e. The highest BCUT2D eigenvalue weighted by atomic mass is 32.2.